The van der Waals surface area contributed by atoms with E-state index < -0.39 is 10.8 Å². The summed E-state index contributed by atoms with van der Waals surface area (Å²) in [6, 6.07) is 8.99. The van der Waals surface area contributed by atoms with Crippen LogP contribution in [0.3, 0.4) is 0 Å². The van der Waals surface area contributed by atoms with Crippen molar-refractivity contribution in [1.82, 2.24) is 0 Å². The molecule has 0 atom stereocenters. The molecule has 0 saturated carbocycles. The van der Waals surface area contributed by atoms with Crippen molar-refractivity contribution < 1.29 is 14.5 Å². The number of methoxy groups -OCH3 is 1. The van der Waals surface area contributed by atoms with Crippen molar-refractivity contribution >= 4 is 28.9 Å². The van der Waals surface area contributed by atoms with Crippen LogP contribution in [0.2, 0.25) is 5.02 Å². The van der Waals surface area contributed by atoms with Crippen LogP contribution in [0.15, 0.2) is 36.4 Å². The van der Waals surface area contributed by atoms with Gasteiger partial charge in [-0.05, 0) is 36.8 Å². The van der Waals surface area contributed by atoms with Gasteiger partial charge >= 0.3 is 0 Å². The zero-order valence-corrected chi connectivity index (χ0v) is 12.7. The highest BCUT2D eigenvalue weighted by molar-refractivity contribution is 6.31. The molecule has 0 saturated heterocycles. The molecule has 1 amide bonds. The summed E-state index contributed by atoms with van der Waals surface area (Å²) in [5.41, 5.74) is 0.947. The monoisotopic (exact) mass is 320 g/mol. The Hall–Kier alpha value is -2.60. The summed E-state index contributed by atoms with van der Waals surface area (Å²) in [5.74, 6) is -0.247. The maximum absolute atomic E-state index is 12.3. The number of aryl methyl sites for hydroxylation is 1. The molecule has 7 heteroatoms. The molecular weight excluding hydrogens is 308 g/mol. The summed E-state index contributed by atoms with van der Waals surface area (Å²) < 4.78 is 5.00. The van der Waals surface area contributed by atoms with Crippen molar-refractivity contribution in [2.24, 2.45) is 0 Å². The second-order valence-electron chi connectivity index (χ2n) is 4.56. The Morgan fingerprint density at radius 1 is 1.27 bits per heavy atom. The Morgan fingerprint density at radius 3 is 2.59 bits per heavy atom. The van der Waals surface area contributed by atoms with Crippen LogP contribution in [-0.4, -0.2) is 17.9 Å². The number of rotatable bonds is 4. The fourth-order valence-electron chi connectivity index (χ4n) is 1.85. The van der Waals surface area contributed by atoms with Gasteiger partial charge in [-0.1, -0.05) is 17.7 Å². The minimum absolute atomic E-state index is 0.0824. The second kappa shape index (κ2) is 6.44. The van der Waals surface area contributed by atoms with Gasteiger partial charge in [0.1, 0.15) is 11.3 Å². The third kappa shape index (κ3) is 3.35. The average Bonchev–Trinajstić information content (AvgIpc) is 2.50. The summed E-state index contributed by atoms with van der Waals surface area (Å²) in [7, 11) is 1.42. The maximum Gasteiger partial charge on any atom is 0.282 e. The van der Waals surface area contributed by atoms with E-state index in [9.17, 15) is 14.9 Å². The molecule has 0 bridgehead atoms. The van der Waals surface area contributed by atoms with Gasteiger partial charge in [0.25, 0.3) is 11.6 Å². The van der Waals surface area contributed by atoms with Crippen molar-refractivity contribution in [1.29, 1.82) is 0 Å². The zero-order valence-electron chi connectivity index (χ0n) is 11.9. The fraction of sp³-hybridized carbons (Fsp3) is 0.133. The smallest absolute Gasteiger partial charge is 0.282 e. The summed E-state index contributed by atoms with van der Waals surface area (Å²) in [6.45, 7) is 1.83. The number of hydrogen-bond acceptors (Lipinski definition) is 4. The lowest BCUT2D eigenvalue weighted by Gasteiger charge is -2.08. The van der Waals surface area contributed by atoms with Crippen molar-refractivity contribution in [2.45, 2.75) is 6.92 Å². The number of nitro benzene ring substituents is 1. The third-order valence-corrected chi connectivity index (χ3v) is 3.48. The molecular formula is C15H13ClN2O4. The summed E-state index contributed by atoms with van der Waals surface area (Å²) in [4.78, 5) is 22.7. The molecule has 0 spiro atoms. The largest absolute Gasteiger partial charge is 0.497 e. The van der Waals surface area contributed by atoms with Crippen LogP contribution in [0.1, 0.15) is 15.9 Å². The van der Waals surface area contributed by atoms with E-state index in [4.69, 9.17) is 16.3 Å². The van der Waals surface area contributed by atoms with Crippen molar-refractivity contribution in [3.05, 3.63) is 62.7 Å². The zero-order chi connectivity index (χ0) is 16.3. The van der Waals surface area contributed by atoms with Gasteiger partial charge < -0.3 is 10.1 Å². The van der Waals surface area contributed by atoms with E-state index in [1.165, 1.54) is 25.3 Å². The molecule has 22 heavy (non-hydrogen) atoms. The molecule has 0 aliphatic heterocycles. The van der Waals surface area contributed by atoms with Crippen molar-refractivity contribution in [2.75, 3.05) is 12.4 Å². The van der Waals surface area contributed by atoms with E-state index in [1.54, 1.807) is 18.2 Å². The first kappa shape index (κ1) is 15.8. The Labute approximate surface area is 131 Å². The quantitative estimate of drug-likeness (QED) is 0.686. The summed E-state index contributed by atoms with van der Waals surface area (Å²) >= 11 is 5.99. The highest BCUT2D eigenvalue weighted by Crippen LogP contribution is 2.26. The highest BCUT2D eigenvalue weighted by atomic mass is 35.5. The predicted molar refractivity (Wildman–Crippen MR) is 83.8 cm³/mol. The standard InChI is InChI=1S/C15H13ClN2O4/c1-9-3-4-10(7-13(9)16)17-15(19)12-8-11(22-2)5-6-14(12)18(20)21/h3-8H,1-2H3,(H,17,19). The number of amides is 1. The second-order valence-corrected chi connectivity index (χ2v) is 4.97. The van der Waals surface area contributed by atoms with E-state index in [0.717, 1.165) is 5.56 Å². The molecule has 0 fully saturated rings. The van der Waals surface area contributed by atoms with E-state index in [-0.39, 0.29) is 11.3 Å². The van der Waals surface area contributed by atoms with Crippen LogP contribution in [0.25, 0.3) is 0 Å². The van der Waals surface area contributed by atoms with Gasteiger partial charge in [-0.15, -0.1) is 0 Å². The molecule has 2 rings (SSSR count). The SMILES string of the molecule is COc1ccc([N+](=O)[O-])c(C(=O)Nc2ccc(C)c(Cl)c2)c1. The van der Waals surface area contributed by atoms with Gasteiger partial charge in [0.15, 0.2) is 0 Å². The number of anilines is 1. The van der Waals surface area contributed by atoms with Crippen LogP contribution in [0.5, 0.6) is 5.75 Å². The number of nitro groups is 1. The highest BCUT2D eigenvalue weighted by Gasteiger charge is 2.21. The van der Waals surface area contributed by atoms with Gasteiger partial charge in [-0.3, -0.25) is 14.9 Å². The predicted octanol–water partition coefficient (Wildman–Crippen LogP) is 3.82. The molecule has 0 aliphatic rings. The number of nitrogens with one attached hydrogen (secondary N) is 1. The molecule has 0 radical (unpaired) electrons. The Kier molecular flexibility index (Phi) is 4.62. The molecule has 0 aliphatic carbocycles. The van der Waals surface area contributed by atoms with Gasteiger partial charge in [0, 0.05) is 16.8 Å². The maximum atomic E-state index is 12.3. The topological polar surface area (TPSA) is 81.5 Å². The molecule has 114 valence electrons. The molecule has 1 N–H and O–H groups in total. The minimum atomic E-state index is -0.615. The lowest BCUT2D eigenvalue weighted by Crippen LogP contribution is -2.14. The average molecular weight is 321 g/mol. The van der Waals surface area contributed by atoms with E-state index in [0.29, 0.717) is 16.5 Å². The van der Waals surface area contributed by atoms with Crippen molar-refractivity contribution in [3.8, 4) is 5.75 Å². The van der Waals surface area contributed by atoms with Gasteiger partial charge in [0.05, 0.1) is 12.0 Å². The van der Waals surface area contributed by atoms with Gasteiger partial charge in [-0.2, -0.15) is 0 Å². The first-order valence-electron chi connectivity index (χ1n) is 6.32. The van der Waals surface area contributed by atoms with E-state index >= 15 is 0 Å². The number of nitrogens with zero attached hydrogens (tertiary/aromatic N) is 1. The number of carbonyl (C=O) groups is 1. The molecule has 6 nitrogen and oxygen atoms in total. The van der Waals surface area contributed by atoms with Gasteiger partial charge in [0.2, 0.25) is 0 Å². The molecule has 2 aromatic rings. The number of halogens is 1. The molecule has 0 heterocycles. The minimum Gasteiger partial charge on any atom is -0.497 e. The first-order valence-corrected chi connectivity index (χ1v) is 6.70. The van der Waals surface area contributed by atoms with E-state index in [2.05, 4.69) is 5.32 Å². The Bertz CT molecular complexity index is 746. The molecule has 0 aromatic heterocycles. The first-order chi connectivity index (χ1) is 10.4. The van der Waals surface area contributed by atoms with Crippen molar-refractivity contribution in [3.63, 3.8) is 0 Å². The van der Waals surface area contributed by atoms with Crippen LogP contribution >= 0.6 is 11.6 Å². The number of carbonyl (C=O) groups excluding carboxylic acids is 1. The molecule has 0 unspecified atom stereocenters. The lowest BCUT2D eigenvalue weighted by molar-refractivity contribution is -0.385. The van der Waals surface area contributed by atoms with Crippen LogP contribution < -0.4 is 10.1 Å². The third-order valence-electron chi connectivity index (χ3n) is 3.07. The Morgan fingerprint density at radius 2 is 2.00 bits per heavy atom. The number of ether oxygens (including phenoxy) is 1. The Balaban J connectivity index is 2.35. The normalized spacial score (nSPS) is 10.1. The molecule has 2 aromatic carbocycles. The van der Waals surface area contributed by atoms with Crippen LogP contribution in [-0.2, 0) is 0 Å². The summed E-state index contributed by atoms with van der Waals surface area (Å²) in [5, 5.41) is 14.1. The fourth-order valence-corrected chi connectivity index (χ4v) is 2.03. The van der Waals surface area contributed by atoms with Crippen LogP contribution in [0, 0.1) is 17.0 Å². The van der Waals surface area contributed by atoms with Gasteiger partial charge in [-0.25, -0.2) is 0 Å². The van der Waals surface area contributed by atoms with E-state index in [1.807, 2.05) is 6.92 Å². The number of hydrogen-bond donors (Lipinski definition) is 1. The van der Waals surface area contributed by atoms with Crippen LogP contribution in [0.4, 0.5) is 11.4 Å². The number of benzene rings is 2. The lowest BCUT2D eigenvalue weighted by atomic mass is 10.1. The summed E-state index contributed by atoms with van der Waals surface area (Å²) in [6.07, 6.45) is 0.